The molecule has 2 rings (SSSR count). The van der Waals surface area contributed by atoms with Crippen molar-refractivity contribution in [3.05, 3.63) is 0 Å². The first kappa shape index (κ1) is 9.94. The maximum absolute atomic E-state index is 5.76. The molecule has 0 unspecified atom stereocenters. The van der Waals surface area contributed by atoms with Crippen molar-refractivity contribution in [2.75, 3.05) is 13.2 Å². The zero-order valence-electron chi connectivity index (χ0n) is 7.93. The van der Waals surface area contributed by atoms with Crippen molar-refractivity contribution in [3.63, 3.8) is 0 Å². The highest BCUT2D eigenvalue weighted by atomic mass is 79.9. The van der Waals surface area contributed by atoms with Gasteiger partial charge in [-0.05, 0) is 12.8 Å². The number of hydrogen-bond acceptors (Lipinski definition) is 2. The summed E-state index contributed by atoms with van der Waals surface area (Å²) in [6.45, 7) is 1.53. The van der Waals surface area contributed by atoms with Gasteiger partial charge in [0, 0.05) is 6.42 Å². The smallest absolute Gasteiger partial charge is 0.180 e. The number of ether oxygens (including phenoxy) is 2. The first-order valence-electron chi connectivity index (χ1n) is 5.25. The number of rotatable bonds is 0. The predicted molar refractivity (Wildman–Crippen MR) is 55.1 cm³/mol. The highest BCUT2D eigenvalue weighted by Crippen LogP contribution is 2.37. The average Bonchev–Trinajstić information content (AvgIpc) is 2.58. The minimum absolute atomic E-state index is 0.277. The second kappa shape index (κ2) is 4.28. The summed E-state index contributed by atoms with van der Waals surface area (Å²) in [5, 5.41) is 0. The van der Waals surface area contributed by atoms with Gasteiger partial charge < -0.3 is 9.47 Å². The molecule has 0 aromatic carbocycles. The zero-order chi connectivity index (χ0) is 9.15. The Labute approximate surface area is 88.1 Å². The lowest BCUT2D eigenvalue weighted by Gasteiger charge is -2.33. The van der Waals surface area contributed by atoms with Crippen molar-refractivity contribution in [1.29, 1.82) is 0 Å². The maximum Gasteiger partial charge on any atom is 0.180 e. The van der Waals surface area contributed by atoms with Crippen molar-refractivity contribution >= 4 is 15.9 Å². The van der Waals surface area contributed by atoms with Crippen LogP contribution in [0.2, 0.25) is 0 Å². The third-order valence-corrected chi connectivity index (χ3v) is 4.14. The molecule has 0 bridgehead atoms. The van der Waals surface area contributed by atoms with Gasteiger partial charge in [-0.15, -0.1) is 0 Å². The van der Waals surface area contributed by atoms with Crippen LogP contribution in [-0.4, -0.2) is 23.8 Å². The molecule has 1 atom stereocenters. The van der Waals surface area contributed by atoms with Crippen LogP contribution in [0, 0.1) is 0 Å². The van der Waals surface area contributed by atoms with E-state index in [4.69, 9.17) is 9.47 Å². The fraction of sp³-hybridized carbons (Fsp3) is 1.00. The summed E-state index contributed by atoms with van der Waals surface area (Å²) in [6, 6.07) is 0. The normalized spacial score (nSPS) is 34.4. The molecule has 1 saturated heterocycles. The van der Waals surface area contributed by atoms with E-state index in [0.29, 0.717) is 4.83 Å². The third kappa shape index (κ3) is 2.08. The van der Waals surface area contributed by atoms with Crippen molar-refractivity contribution in [3.8, 4) is 0 Å². The van der Waals surface area contributed by atoms with Gasteiger partial charge >= 0.3 is 0 Å². The topological polar surface area (TPSA) is 18.5 Å². The van der Waals surface area contributed by atoms with Crippen LogP contribution in [0.25, 0.3) is 0 Å². The van der Waals surface area contributed by atoms with Crippen LogP contribution in [0.3, 0.4) is 0 Å². The van der Waals surface area contributed by atoms with Crippen LogP contribution in [0.1, 0.15) is 38.5 Å². The summed E-state index contributed by atoms with van der Waals surface area (Å²) in [5.41, 5.74) is 0. The Morgan fingerprint density at radius 3 is 2.46 bits per heavy atom. The molecular formula is C10H17BrO2. The monoisotopic (exact) mass is 248 g/mol. The molecule has 0 aromatic heterocycles. The summed E-state index contributed by atoms with van der Waals surface area (Å²) >= 11 is 3.71. The number of halogens is 1. The molecule has 0 aromatic rings. The summed E-state index contributed by atoms with van der Waals surface area (Å²) in [7, 11) is 0. The maximum atomic E-state index is 5.76. The summed E-state index contributed by atoms with van der Waals surface area (Å²) in [5.74, 6) is -0.277. The van der Waals surface area contributed by atoms with E-state index in [9.17, 15) is 0 Å². The molecule has 2 fully saturated rings. The van der Waals surface area contributed by atoms with E-state index in [1.54, 1.807) is 0 Å². The van der Waals surface area contributed by atoms with Gasteiger partial charge in [0.25, 0.3) is 0 Å². The highest BCUT2D eigenvalue weighted by Gasteiger charge is 2.42. The van der Waals surface area contributed by atoms with Crippen molar-refractivity contribution in [2.45, 2.75) is 49.1 Å². The minimum atomic E-state index is -0.277. The third-order valence-electron chi connectivity index (χ3n) is 2.99. The van der Waals surface area contributed by atoms with E-state index in [1.807, 2.05) is 0 Å². The van der Waals surface area contributed by atoms with Crippen molar-refractivity contribution in [2.24, 2.45) is 0 Å². The number of alkyl halides is 1. The molecule has 13 heavy (non-hydrogen) atoms. The molecule has 1 spiro atoms. The van der Waals surface area contributed by atoms with Gasteiger partial charge in [-0.1, -0.05) is 35.2 Å². The minimum Gasteiger partial charge on any atom is -0.346 e. The first-order chi connectivity index (χ1) is 6.33. The molecular weight excluding hydrogens is 232 g/mol. The van der Waals surface area contributed by atoms with Crippen LogP contribution in [0.15, 0.2) is 0 Å². The molecule has 3 heteroatoms. The van der Waals surface area contributed by atoms with E-state index in [-0.39, 0.29) is 5.79 Å². The van der Waals surface area contributed by atoms with Gasteiger partial charge in [0.1, 0.15) is 0 Å². The van der Waals surface area contributed by atoms with Crippen LogP contribution in [0.4, 0.5) is 0 Å². The van der Waals surface area contributed by atoms with E-state index < -0.39 is 0 Å². The molecule has 0 amide bonds. The second-order valence-corrected chi connectivity index (χ2v) is 5.03. The Morgan fingerprint density at radius 2 is 1.69 bits per heavy atom. The van der Waals surface area contributed by atoms with E-state index in [2.05, 4.69) is 15.9 Å². The Morgan fingerprint density at radius 1 is 1.00 bits per heavy atom. The molecule has 76 valence electrons. The largest absolute Gasteiger partial charge is 0.346 e. The molecule has 1 aliphatic carbocycles. The van der Waals surface area contributed by atoms with Crippen LogP contribution in [-0.2, 0) is 9.47 Å². The predicted octanol–water partition coefficient (Wildman–Crippen LogP) is 2.85. The zero-order valence-corrected chi connectivity index (χ0v) is 9.51. The molecule has 0 N–H and O–H groups in total. The second-order valence-electron chi connectivity index (χ2n) is 3.93. The molecule has 1 heterocycles. The highest BCUT2D eigenvalue weighted by molar-refractivity contribution is 9.09. The van der Waals surface area contributed by atoms with Crippen LogP contribution < -0.4 is 0 Å². The van der Waals surface area contributed by atoms with Crippen molar-refractivity contribution in [1.82, 2.24) is 0 Å². The van der Waals surface area contributed by atoms with Crippen LogP contribution in [0.5, 0.6) is 0 Å². The Bertz CT molecular complexity index is 166. The standard InChI is InChI=1S/C10H17BrO2/c11-9-5-3-1-2-4-6-10(9)12-7-8-13-10/h9H,1-8H2/t9-/m0/s1. The van der Waals surface area contributed by atoms with Crippen molar-refractivity contribution < 1.29 is 9.47 Å². The van der Waals surface area contributed by atoms with E-state index >= 15 is 0 Å². The summed E-state index contributed by atoms with van der Waals surface area (Å²) in [6.07, 6.45) is 7.46. The lowest BCUT2D eigenvalue weighted by molar-refractivity contribution is -0.164. The van der Waals surface area contributed by atoms with Gasteiger partial charge in [0.2, 0.25) is 0 Å². The molecule has 1 aliphatic heterocycles. The van der Waals surface area contributed by atoms with Gasteiger partial charge in [0.15, 0.2) is 5.79 Å². The molecule has 2 nitrogen and oxygen atoms in total. The molecule has 0 radical (unpaired) electrons. The van der Waals surface area contributed by atoms with Gasteiger partial charge in [-0.2, -0.15) is 0 Å². The molecule has 1 saturated carbocycles. The Balaban J connectivity index is 2.03. The lowest BCUT2D eigenvalue weighted by atomic mass is 9.95. The fourth-order valence-corrected chi connectivity index (χ4v) is 3.04. The van der Waals surface area contributed by atoms with E-state index in [0.717, 1.165) is 19.6 Å². The SMILES string of the molecule is Br[C@H]1CCCCCCC12OCCO2. The fourth-order valence-electron chi connectivity index (χ4n) is 2.22. The van der Waals surface area contributed by atoms with Gasteiger partial charge in [0.05, 0.1) is 18.0 Å². The van der Waals surface area contributed by atoms with Crippen LogP contribution >= 0.6 is 15.9 Å². The lowest BCUT2D eigenvalue weighted by Crippen LogP contribution is -2.40. The number of hydrogen-bond donors (Lipinski definition) is 0. The van der Waals surface area contributed by atoms with Gasteiger partial charge in [-0.3, -0.25) is 0 Å². The van der Waals surface area contributed by atoms with E-state index in [1.165, 1.54) is 32.1 Å². The first-order valence-corrected chi connectivity index (χ1v) is 6.17. The average molecular weight is 249 g/mol. The summed E-state index contributed by atoms with van der Waals surface area (Å²) in [4.78, 5) is 0.391. The Hall–Kier alpha value is 0.400. The summed E-state index contributed by atoms with van der Waals surface area (Å²) < 4.78 is 11.5. The Kier molecular flexibility index (Phi) is 3.27. The van der Waals surface area contributed by atoms with Gasteiger partial charge in [-0.25, -0.2) is 0 Å². The quantitative estimate of drug-likeness (QED) is 0.614. The molecule has 2 aliphatic rings.